The summed E-state index contributed by atoms with van der Waals surface area (Å²) in [5.74, 6) is 1.18. The van der Waals surface area contributed by atoms with Crippen molar-refractivity contribution in [3.8, 4) is 0 Å². The fourth-order valence-corrected chi connectivity index (χ4v) is 0.833. The fourth-order valence-electron chi connectivity index (χ4n) is 0.833. The van der Waals surface area contributed by atoms with Crippen LogP contribution in [0.2, 0.25) is 0 Å². The number of hydrogen-bond acceptors (Lipinski definition) is 4. The van der Waals surface area contributed by atoms with Crippen LogP contribution in [0.4, 0.5) is 11.6 Å². The third-order valence-electron chi connectivity index (χ3n) is 1.53. The molecule has 0 atom stereocenters. The van der Waals surface area contributed by atoms with E-state index in [-0.39, 0.29) is 0 Å². The largest absolute Gasteiger partial charge is 0.382 e. The minimum Gasteiger partial charge on any atom is -0.382 e. The standard InChI is InChI=1S/C9H14N4/c1-7(2)3-4-11-9-6-12-8(10)5-13-9/h5-6H,1,3-4H2,2H3,(H2,10,12)(H,11,13). The lowest BCUT2D eigenvalue weighted by molar-refractivity contribution is 0.986. The Labute approximate surface area is 77.9 Å². The van der Waals surface area contributed by atoms with Gasteiger partial charge in [-0.3, -0.25) is 0 Å². The first-order chi connectivity index (χ1) is 6.18. The Bertz CT molecular complexity index is 278. The van der Waals surface area contributed by atoms with Crippen LogP contribution < -0.4 is 11.1 Å². The third-order valence-corrected chi connectivity index (χ3v) is 1.53. The van der Waals surface area contributed by atoms with Crippen molar-refractivity contribution in [2.24, 2.45) is 0 Å². The molecule has 0 aliphatic rings. The van der Waals surface area contributed by atoms with E-state index in [1.807, 2.05) is 6.92 Å². The van der Waals surface area contributed by atoms with Crippen molar-refractivity contribution < 1.29 is 0 Å². The minimum atomic E-state index is 0.436. The summed E-state index contributed by atoms with van der Waals surface area (Å²) in [6, 6.07) is 0. The van der Waals surface area contributed by atoms with Gasteiger partial charge in [0.2, 0.25) is 0 Å². The molecule has 4 heteroatoms. The van der Waals surface area contributed by atoms with E-state index in [9.17, 15) is 0 Å². The van der Waals surface area contributed by atoms with E-state index in [2.05, 4.69) is 21.9 Å². The van der Waals surface area contributed by atoms with Crippen molar-refractivity contribution in [3.63, 3.8) is 0 Å². The van der Waals surface area contributed by atoms with E-state index < -0.39 is 0 Å². The Kier molecular flexibility index (Phi) is 3.25. The smallest absolute Gasteiger partial charge is 0.144 e. The van der Waals surface area contributed by atoms with Crippen LogP contribution in [0.15, 0.2) is 24.5 Å². The molecule has 0 saturated heterocycles. The maximum Gasteiger partial charge on any atom is 0.144 e. The fraction of sp³-hybridized carbons (Fsp3) is 0.333. The molecule has 0 radical (unpaired) electrons. The lowest BCUT2D eigenvalue weighted by Crippen LogP contribution is -2.04. The van der Waals surface area contributed by atoms with Gasteiger partial charge in [0.25, 0.3) is 0 Å². The zero-order valence-electron chi connectivity index (χ0n) is 7.75. The molecule has 1 heterocycles. The van der Waals surface area contributed by atoms with Crippen LogP contribution in [-0.2, 0) is 0 Å². The average molecular weight is 178 g/mol. The molecule has 1 aromatic heterocycles. The summed E-state index contributed by atoms with van der Waals surface area (Å²) in [5.41, 5.74) is 6.54. The van der Waals surface area contributed by atoms with Crippen molar-refractivity contribution in [2.45, 2.75) is 13.3 Å². The highest BCUT2D eigenvalue weighted by atomic mass is 15.0. The third kappa shape index (κ3) is 3.55. The van der Waals surface area contributed by atoms with Gasteiger partial charge in [-0.2, -0.15) is 0 Å². The van der Waals surface area contributed by atoms with Gasteiger partial charge in [0, 0.05) is 6.54 Å². The van der Waals surface area contributed by atoms with Crippen molar-refractivity contribution >= 4 is 11.6 Å². The van der Waals surface area contributed by atoms with Crippen LogP contribution >= 0.6 is 0 Å². The van der Waals surface area contributed by atoms with Crippen LogP contribution in [0, 0.1) is 0 Å². The highest BCUT2D eigenvalue weighted by molar-refractivity contribution is 5.35. The summed E-state index contributed by atoms with van der Waals surface area (Å²) < 4.78 is 0. The zero-order chi connectivity index (χ0) is 9.68. The Hall–Kier alpha value is -1.58. The molecule has 70 valence electrons. The SMILES string of the molecule is C=C(C)CCNc1cnc(N)cn1. The van der Waals surface area contributed by atoms with Crippen LogP contribution in [0.5, 0.6) is 0 Å². The molecule has 0 aromatic carbocycles. The van der Waals surface area contributed by atoms with Gasteiger partial charge in [-0.05, 0) is 13.3 Å². The highest BCUT2D eigenvalue weighted by Crippen LogP contribution is 2.02. The van der Waals surface area contributed by atoms with Gasteiger partial charge < -0.3 is 11.1 Å². The van der Waals surface area contributed by atoms with E-state index in [0.717, 1.165) is 24.4 Å². The number of nitrogen functional groups attached to an aromatic ring is 1. The first-order valence-corrected chi connectivity index (χ1v) is 4.14. The molecule has 0 aliphatic carbocycles. The van der Waals surface area contributed by atoms with E-state index in [4.69, 9.17) is 5.73 Å². The summed E-state index contributed by atoms with van der Waals surface area (Å²) in [5, 5.41) is 3.11. The Morgan fingerprint density at radius 2 is 2.31 bits per heavy atom. The second-order valence-corrected chi connectivity index (χ2v) is 2.96. The number of nitrogens with two attached hydrogens (primary N) is 1. The summed E-state index contributed by atoms with van der Waals surface area (Å²) in [6.45, 7) is 6.63. The first kappa shape index (κ1) is 9.51. The molecule has 0 amide bonds. The molecule has 1 aromatic rings. The predicted molar refractivity (Wildman–Crippen MR) is 54.4 cm³/mol. The van der Waals surface area contributed by atoms with Gasteiger partial charge in [-0.15, -0.1) is 6.58 Å². The van der Waals surface area contributed by atoms with E-state index in [1.165, 1.54) is 6.20 Å². The molecular weight excluding hydrogens is 164 g/mol. The van der Waals surface area contributed by atoms with Crippen molar-refractivity contribution in [1.29, 1.82) is 0 Å². The molecule has 4 nitrogen and oxygen atoms in total. The first-order valence-electron chi connectivity index (χ1n) is 4.14. The summed E-state index contributed by atoms with van der Waals surface area (Å²) >= 11 is 0. The van der Waals surface area contributed by atoms with Gasteiger partial charge in [0.1, 0.15) is 11.6 Å². The number of hydrogen-bond donors (Lipinski definition) is 2. The molecule has 0 fully saturated rings. The van der Waals surface area contributed by atoms with Crippen molar-refractivity contribution in [2.75, 3.05) is 17.6 Å². The van der Waals surface area contributed by atoms with Gasteiger partial charge in [-0.25, -0.2) is 9.97 Å². The minimum absolute atomic E-state index is 0.436. The van der Waals surface area contributed by atoms with E-state index >= 15 is 0 Å². The zero-order valence-corrected chi connectivity index (χ0v) is 7.75. The number of anilines is 2. The van der Waals surface area contributed by atoms with Crippen molar-refractivity contribution in [1.82, 2.24) is 9.97 Å². The number of aromatic nitrogens is 2. The molecule has 1 rings (SSSR count). The van der Waals surface area contributed by atoms with E-state index in [0.29, 0.717) is 5.82 Å². The lowest BCUT2D eigenvalue weighted by Gasteiger charge is -2.04. The Morgan fingerprint density at radius 1 is 1.54 bits per heavy atom. The second kappa shape index (κ2) is 4.45. The summed E-state index contributed by atoms with van der Waals surface area (Å²) in [6.07, 6.45) is 4.09. The molecule has 0 spiro atoms. The Balaban J connectivity index is 2.37. The van der Waals surface area contributed by atoms with E-state index in [1.54, 1.807) is 6.20 Å². The van der Waals surface area contributed by atoms with Crippen LogP contribution in [-0.4, -0.2) is 16.5 Å². The van der Waals surface area contributed by atoms with Gasteiger partial charge >= 0.3 is 0 Å². The maximum atomic E-state index is 5.39. The topological polar surface area (TPSA) is 63.8 Å². The average Bonchev–Trinajstić information content (AvgIpc) is 2.08. The summed E-state index contributed by atoms with van der Waals surface area (Å²) in [4.78, 5) is 7.95. The Morgan fingerprint density at radius 3 is 2.85 bits per heavy atom. The highest BCUT2D eigenvalue weighted by Gasteiger charge is 1.93. The van der Waals surface area contributed by atoms with Gasteiger partial charge in [0.05, 0.1) is 12.4 Å². The lowest BCUT2D eigenvalue weighted by atomic mass is 10.2. The number of nitrogens with one attached hydrogen (secondary N) is 1. The molecule has 0 unspecified atom stereocenters. The normalized spacial score (nSPS) is 9.62. The van der Waals surface area contributed by atoms with Crippen molar-refractivity contribution in [3.05, 3.63) is 24.5 Å². The molecule has 0 aliphatic heterocycles. The summed E-state index contributed by atoms with van der Waals surface area (Å²) in [7, 11) is 0. The monoisotopic (exact) mass is 178 g/mol. The van der Waals surface area contributed by atoms with Gasteiger partial charge in [0.15, 0.2) is 0 Å². The molecular formula is C9H14N4. The molecule has 3 N–H and O–H groups in total. The van der Waals surface area contributed by atoms with Crippen LogP contribution in [0.3, 0.4) is 0 Å². The number of rotatable bonds is 4. The van der Waals surface area contributed by atoms with Gasteiger partial charge in [-0.1, -0.05) is 5.57 Å². The van der Waals surface area contributed by atoms with Crippen LogP contribution in [0.1, 0.15) is 13.3 Å². The molecule has 13 heavy (non-hydrogen) atoms. The number of nitrogens with zero attached hydrogens (tertiary/aromatic N) is 2. The molecule has 0 bridgehead atoms. The quantitative estimate of drug-likeness (QED) is 0.685. The predicted octanol–water partition coefficient (Wildman–Crippen LogP) is 1.44. The second-order valence-electron chi connectivity index (χ2n) is 2.96. The maximum absolute atomic E-state index is 5.39. The molecule has 0 saturated carbocycles. The van der Waals surface area contributed by atoms with Crippen LogP contribution in [0.25, 0.3) is 0 Å².